The van der Waals surface area contributed by atoms with Gasteiger partial charge in [0.15, 0.2) is 18.1 Å². The number of nitrogens with zero attached hydrogens (tertiary/aromatic N) is 1. The average Bonchev–Trinajstić information content (AvgIpc) is 3.43. The molecule has 1 atom stereocenters. The molecule has 1 fully saturated rings. The van der Waals surface area contributed by atoms with E-state index in [4.69, 9.17) is 21.1 Å². The smallest absolute Gasteiger partial charge is 0.261 e. The highest BCUT2D eigenvalue weighted by Gasteiger charge is 2.32. The Kier molecular flexibility index (Phi) is 9.44. The normalized spacial score (nSPS) is 14.1. The quantitative estimate of drug-likeness (QED) is 0.366. The maximum atomic E-state index is 13.7. The van der Waals surface area contributed by atoms with Crippen molar-refractivity contribution in [1.82, 2.24) is 10.2 Å². The Morgan fingerprint density at radius 3 is 2.32 bits per heavy atom. The molecule has 0 bridgehead atoms. The first-order valence-electron chi connectivity index (χ1n) is 12.7. The van der Waals surface area contributed by atoms with Gasteiger partial charge in [0.05, 0.1) is 7.11 Å². The predicted octanol–water partition coefficient (Wildman–Crippen LogP) is 5.43. The fourth-order valence-corrected chi connectivity index (χ4v) is 4.93. The molecule has 0 aromatic heterocycles. The average molecular weight is 521 g/mol. The number of ether oxygens (including phenoxy) is 2. The van der Waals surface area contributed by atoms with Crippen LogP contribution in [0.25, 0.3) is 0 Å². The Labute approximate surface area is 223 Å². The minimum atomic E-state index is -0.712. The molecule has 0 heterocycles. The van der Waals surface area contributed by atoms with Crippen LogP contribution in [0.4, 0.5) is 0 Å². The molecule has 3 aromatic carbocycles. The molecule has 4 rings (SSSR count). The number of carbonyl (C=O) groups excluding carboxylic acids is 2. The van der Waals surface area contributed by atoms with Crippen molar-refractivity contribution in [1.29, 1.82) is 0 Å². The van der Waals surface area contributed by atoms with E-state index >= 15 is 0 Å². The van der Waals surface area contributed by atoms with Gasteiger partial charge >= 0.3 is 0 Å². The number of hydrogen-bond acceptors (Lipinski definition) is 4. The van der Waals surface area contributed by atoms with Gasteiger partial charge in [-0.15, -0.1) is 0 Å². The molecular formula is C30H33ClN2O4. The molecule has 1 saturated carbocycles. The van der Waals surface area contributed by atoms with Crippen molar-refractivity contribution >= 4 is 23.4 Å². The molecule has 37 heavy (non-hydrogen) atoms. The summed E-state index contributed by atoms with van der Waals surface area (Å²) in [7, 11) is 1.55. The molecule has 7 heteroatoms. The molecular weight excluding hydrogens is 488 g/mol. The van der Waals surface area contributed by atoms with E-state index < -0.39 is 6.04 Å². The van der Waals surface area contributed by atoms with E-state index in [1.54, 1.807) is 30.2 Å². The number of carbonyl (C=O) groups is 2. The molecule has 0 aliphatic heterocycles. The van der Waals surface area contributed by atoms with Crippen molar-refractivity contribution in [2.24, 2.45) is 0 Å². The summed E-state index contributed by atoms with van der Waals surface area (Å²) < 4.78 is 11.2. The molecule has 2 amide bonds. The van der Waals surface area contributed by atoms with E-state index in [1.165, 1.54) is 0 Å². The van der Waals surface area contributed by atoms with Crippen molar-refractivity contribution in [3.05, 3.63) is 95.0 Å². The number of methoxy groups -OCH3 is 1. The van der Waals surface area contributed by atoms with E-state index in [0.717, 1.165) is 36.8 Å². The van der Waals surface area contributed by atoms with Crippen LogP contribution >= 0.6 is 11.6 Å². The van der Waals surface area contributed by atoms with Crippen molar-refractivity contribution in [2.45, 2.75) is 50.7 Å². The zero-order valence-corrected chi connectivity index (χ0v) is 21.8. The number of rotatable bonds is 11. The summed E-state index contributed by atoms with van der Waals surface area (Å²) in [6.07, 6.45) is 4.52. The third kappa shape index (κ3) is 7.49. The number of para-hydroxylation sites is 2. The zero-order valence-electron chi connectivity index (χ0n) is 21.1. The summed E-state index contributed by atoms with van der Waals surface area (Å²) in [6, 6.07) is 23.7. The minimum Gasteiger partial charge on any atom is -0.493 e. The van der Waals surface area contributed by atoms with Crippen LogP contribution in [0, 0.1) is 0 Å². The minimum absolute atomic E-state index is 0.138. The Morgan fingerprint density at radius 1 is 0.946 bits per heavy atom. The SMILES string of the molecule is COc1ccccc1OCC(=O)N(Cc1cccc(Cl)c1)C(Cc1ccccc1)C(=O)NC1CCCC1. The summed E-state index contributed by atoms with van der Waals surface area (Å²) >= 11 is 6.25. The highest BCUT2D eigenvalue weighted by Crippen LogP contribution is 2.26. The van der Waals surface area contributed by atoms with Crippen LogP contribution in [0.2, 0.25) is 5.02 Å². The van der Waals surface area contributed by atoms with Crippen LogP contribution in [0.5, 0.6) is 11.5 Å². The van der Waals surface area contributed by atoms with Gasteiger partial charge in [-0.1, -0.05) is 79.0 Å². The largest absolute Gasteiger partial charge is 0.493 e. The third-order valence-corrected chi connectivity index (χ3v) is 6.87. The number of hydrogen-bond donors (Lipinski definition) is 1. The lowest BCUT2D eigenvalue weighted by Crippen LogP contribution is -2.53. The second kappa shape index (κ2) is 13.2. The second-order valence-electron chi connectivity index (χ2n) is 9.29. The molecule has 194 valence electrons. The van der Waals surface area contributed by atoms with Crippen LogP contribution in [0.3, 0.4) is 0 Å². The second-order valence-corrected chi connectivity index (χ2v) is 9.72. The van der Waals surface area contributed by atoms with Crippen molar-refractivity contribution in [3.8, 4) is 11.5 Å². The van der Waals surface area contributed by atoms with E-state index in [1.807, 2.05) is 60.7 Å². The Hall–Kier alpha value is -3.51. The highest BCUT2D eigenvalue weighted by molar-refractivity contribution is 6.30. The molecule has 1 unspecified atom stereocenters. The molecule has 0 radical (unpaired) electrons. The van der Waals surface area contributed by atoms with Gasteiger partial charge in [0.2, 0.25) is 5.91 Å². The maximum Gasteiger partial charge on any atom is 0.261 e. The fraction of sp³-hybridized carbons (Fsp3) is 0.333. The van der Waals surface area contributed by atoms with Crippen LogP contribution in [-0.4, -0.2) is 42.5 Å². The van der Waals surface area contributed by atoms with Crippen LogP contribution < -0.4 is 14.8 Å². The van der Waals surface area contributed by atoms with Gasteiger partial charge in [0.25, 0.3) is 5.91 Å². The number of halogens is 1. The molecule has 6 nitrogen and oxygen atoms in total. The van der Waals surface area contributed by atoms with Gasteiger partial charge in [0, 0.05) is 24.0 Å². The van der Waals surface area contributed by atoms with Gasteiger partial charge in [-0.2, -0.15) is 0 Å². The highest BCUT2D eigenvalue weighted by atomic mass is 35.5. The predicted molar refractivity (Wildman–Crippen MR) is 145 cm³/mol. The van der Waals surface area contributed by atoms with Gasteiger partial charge in [-0.3, -0.25) is 9.59 Å². The van der Waals surface area contributed by atoms with Gasteiger partial charge in [0.1, 0.15) is 6.04 Å². The summed E-state index contributed by atoms with van der Waals surface area (Å²) in [5, 5.41) is 3.78. The van der Waals surface area contributed by atoms with Gasteiger partial charge in [-0.25, -0.2) is 0 Å². The lowest BCUT2D eigenvalue weighted by atomic mass is 10.0. The Bertz CT molecular complexity index is 1180. The third-order valence-electron chi connectivity index (χ3n) is 6.63. The lowest BCUT2D eigenvalue weighted by molar-refractivity contribution is -0.143. The molecule has 0 spiro atoms. The van der Waals surface area contributed by atoms with Crippen LogP contribution in [0.15, 0.2) is 78.9 Å². The van der Waals surface area contributed by atoms with Crippen molar-refractivity contribution in [2.75, 3.05) is 13.7 Å². The molecule has 3 aromatic rings. The topological polar surface area (TPSA) is 67.9 Å². The van der Waals surface area contributed by atoms with E-state index in [9.17, 15) is 9.59 Å². The zero-order chi connectivity index (χ0) is 26.0. The van der Waals surface area contributed by atoms with E-state index in [2.05, 4.69) is 5.32 Å². The first kappa shape index (κ1) is 26.6. The number of amides is 2. The molecule has 1 N–H and O–H groups in total. The fourth-order valence-electron chi connectivity index (χ4n) is 4.71. The van der Waals surface area contributed by atoms with Gasteiger partial charge < -0.3 is 19.7 Å². The van der Waals surface area contributed by atoms with Crippen molar-refractivity contribution < 1.29 is 19.1 Å². The summed E-state index contributed by atoms with van der Waals surface area (Å²) in [5.74, 6) is 0.560. The van der Waals surface area contributed by atoms with Gasteiger partial charge in [-0.05, 0) is 48.2 Å². The maximum absolute atomic E-state index is 13.7. The summed E-state index contributed by atoms with van der Waals surface area (Å²) in [6.45, 7) is -0.00674. The monoisotopic (exact) mass is 520 g/mol. The summed E-state index contributed by atoms with van der Waals surface area (Å²) in [4.78, 5) is 29.0. The standard InChI is InChI=1S/C30H33ClN2O4/c1-36-27-16-7-8-17-28(27)37-21-29(34)33(20-23-12-9-13-24(31)18-23)26(19-22-10-3-2-4-11-22)30(35)32-25-14-5-6-15-25/h2-4,7-13,16-18,25-26H,5-6,14-15,19-21H2,1H3,(H,32,35). The van der Waals surface area contributed by atoms with Crippen LogP contribution in [0.1, 0.15) is 36.8 Å². The first-order chi connectivity index (χ1) is 18.0. The molecule has 1 aliphatic rings. The van der Waals surface area contributed by atoms with E-state index in [0.29, 0.717) is 22.9 Å². The van der Waals surface area contributed by atoms with Crippen molar-refractivity contribution in [3.63, 3.8) is 0 Å². The lowest BCUT2D eigenvalue weighted by Gasteiger charge is -2.32. The summed E-state index contributed by atoms with van der Waals surface area (Å²) in [5.41, 5.74) is 1.81. The number of benzene rings is 3. The number of nitrogens with one attached hydrogen (secondary N) is 1. The molecule has 1 aliphatic carbocycles. The van der Waals surface area contributed by atoms with Crippen LogP contribution in [-0.2, 0) is 22.6 Å². The first-order valence-corrected chi connectivity index (χ1v) is 13.1. The van der Waals surface area contributed by atoms with E-state index in [-0.39, 0.29) is 31.0 Å². The molecule has 0 saturated heterocycles. The Morgan fingerprint density at radius 2 is 1.62 bits per heavy atom. The Balaban J connectivity index is 1.62.